The Bertz CT molecular complexity index is 877. The van der Waals surface area contributed by atoms with Crippen LogP contribution in [-0.4, -0.2) is 29.8 Å². The van der Waals surface area contributed by atoms with E-state index in [1.165, 1.54) is 0 Å². The number of ketones is 1. The molecule has 2 amide bonds. The molecule has 28 heavy (non-hydrogen) atoms. The van der Waals surface area contributed by atoms with Crippen LogP contribution < -0.4 is 5.32 Å². The lowest BCUT2D eigenvalue weighted by molar-refractivity contribution is 0.0853. The summed E-state index contributed by atoms with van der Waals surface area (Å²) in [6, 6.07) is 12.9. The van der Waals surface area contributed by atoms with Gasteiger partial charge in [-0.1, -0.05) is 47.5 Å². The molecule has 0 aliphatic carbocycles. The predicted molar refractivity (Wildman–Crippen MR) is 113 cm³/mol. The van der Waals surface area contributed by atoms with Gasteiger partial charge in [-0.05, 0) is 56.0 Å². The third-order valence-corrected chi connectivity index (χ3v) is 6.09. The van der Waals surface area contributed by atoms with Crippen molar-refractivity contribution >= 4 is 35.0 Å². The van der Waals surface area contributed by atoms with E-state index in [2.05, 4.69) is 5.32 Å². The van der Waals surface area contributed by atoms with Gasteiger partial charge in [0.05, 0.1) is 16.1 Å². The van der Waals surface area contributed by atoms with Crippen molar-refractivity contribution in [3.8, 4) is 0 Å². The van der Waals surface area contributed by atoms with Gasteiger partial charge in [-0.2, -0.15) is 0 Å². The molecular weight excluding hydrogens is 395 g/mol. The second-order valence-electron chi connectivity index (χ2n) is 7.28. The maximum absolute atomic E-state index is 12.7. The number of rotatable bonds is 4. The summed E-state index contributed by atoms with van der Waals surface area (Å²) in [5.41, 5.74) is 2.84. The molecule has 3 rings (SSSR count). The third-order valence-electron chi connectivity index (χ3n) is 5.35. The maximum atomic E-state index is 12.7. The summed E-state index contributed by atoms with van der Waals surface area (Å²) in [4.78, 5) is 27.1. The van der Waals surface area contributed by atoms with Gasteiger partial charge in [0.15, 0.2) is 5.78 Å². The Morgan fingerprint density at radius 3 is 2.39 bits per heavy atom. The number of benzene rings is 2. The Balaban J connectivity index is 1.56. The number of urea groups is 1. The van der Waals surface area contributed by atoms with Gasteiger partial charge in [0, 0.05) is 24.6 Å². The van der Waals surface area contributed by atoms with Crippen LogP contribution in [0.15, 0.2) is 42.5 Å². The molecule has 1 saturated heterocycles. The number of halogens is 2. The molecule has 148 valence electrons. The van der Waals surface area contributed by atoms with Crippen LogP contribution in [0.25, 0.3) is 0 Å². The van der Waals surface area contributed by atoms with Crippen LogP contribution in [0, 0.1) is 12.8 Å². The number of Topliss-reactive ketones (excluding diaryl/α,β-unsaturated/α-hetero) is 1. The molecule has 0 aromatic heterocycles. The Morgan fingerprint density at radius 1 is 1.07 bits per heavy atom. The summed E-state index contributed by atoms with van der Waals surface area (Å²) in [7, 11) is 0. The minimum absolute atomic E-state index is 0.0619. The average Bonchev–Trinajstić information content (AvgIpc) is 2.70. The van der Waals surface area contributed by atoms with Crippen molar-refractivity contribution in [2.45, 2.75) is 32.7 Å². The van der Waals surface area contributed by atoms with Crippen LogP contribution >= 0.6 is 23.2 Å². The van der Waals surface area contributed by atoms with E-state index in [9.17, 15) is 9.59 Å². The molecule has 0 radical (unpaired) electrons. The Kier molecular flexibility index (Phi) is 6.63. The first kappa shape index (κ1) is 20.7. The van der Waals surface area contributed by atoms with Crippen LogP contribution in [0.2, 0.25) is 10.0 Å². The van der Waals surface area contributed by atoms with E-state index in [-0.39, 0.29) is 23.8 Å². The van der Waals surface area contributed by atoms with Crippen LogP contribution in [0.5, 0.6) is 0 Å². The number of carbonyl (C=O) groups excluding carboxylic acids is 2. The Hall–Kier alpha value is -2.04. The fraction of sp³-hybridized carbons (Fsp3) is 0.364. The molecule has 1 N–H and O–H groups in total. The number of amides is 2. The molecular formula is C22H24Cl2N2O2. The number of likely N-dealkylation sites (tertiary alicyclic amines) is 1. The molecule has 1 aliphatic rings. The van der Waals surface area contributed by atoms with Crippen molar-refractivity contribution < 1.29 is 9.59 Å². The van der Waals surface area contributed by atoms with Gasteiger partial charge in [0.1, 0.15) is 0 Å². The summed E-state index contributed by atoms with van der Waals surface area (Å²) in [6.07, 6.45) is 1.29. The molecule has 1 heterocycles. The van der Waals surface area contributed by atoms with Gasteiger partial charge in [-0.25, -0.2) is 4.79 Å². The summed E-state index contributed by atoms with van der Waals surface area (Å²) in [5, 5.41) is 3.89. The topological polar surface area (TPSA) is 49.4 Å². The first-order valence-electron chi connectivity index (χ1n) is 9.47. The monoisotopic (exact) mass is 418 g/mol. The van der Waals surface area contributed by atoms with Gasteiger partial charge >= 0.3 is 6.03 Å². The minimum atomic E-state index is -0.102. The zero-order chi connectivity index (χ0) is 20.3. The van der Waals surface area contributed by atoms with E-state index in [0.717, 1.165) is 11.1 Å². The van der Waals surface area contributed by atoms with Crippen molar-refractivity contribution in [3.63, 3.8) is 0 Å². The number of nitrogens with one attached hydrogen (secondary N) is 1. The first-order chi connectivity index (χ1) is 13.4. The van der Waals surface area contributed by atoms with Gasteiger partial charge in [-0.3, -0.25) is 4.79 Å². The normalized spacial score (nSPS) is 15.9. The second kappa shape index (κ2) is 8.97. The fourth-order valence-electron chi connectivity index (χ4n) is 3.66. The van der Waals surface area contributed by atoms with Crippen LogP contribution in [0.4, 0.5) is 4.79 Å². The smallest absolute Gasteiger partial charge is 0.317 e. The second-order valence-corrected chi connectivity index (χ2v) is 8.10. The van der Waals surface area contributed by atoms with Crippen LogP contribution in [-0.2, 0) is 0 Å². The molecule has 1 aliphatic heterocycles. The Labute approximate surface area is 175 Å². The van der Waals surface area contributed by atoms with Crippen molar-refractivity contribution in [3.05, 3.63) is 69.2 Å². The summed E-state index contributed by atoms with van der Waals surface area (Å²) < 4.78 is 0. The fourth-order valence-corrected chi connectivity index (χ4v) is 3.95. The summed E-state index contributed by atoms with van der Waals surface area (Å²) in [5.74, 6) is -0.0398. The number of piperidine rings is 1. The van der Waals surface area contributed by atoms with Crippen LogP contribution in [0.1, 0.15) is 47.3 Å². The highest BCUT2D eigenvalue weighted by atomic mass is 35.5. The number of nitrogens with zero attached hydrogens (tertiary/aromatic N) is 1. The van der Waals surface area contributed by atoms with E-state index in [1.54, 1.807) is 23.1 Å². The molecule has 2 aromatic carbocycles. The third kappa shape index (κ3) is 4.68. The lowest BCUT2D eigenvalue weighted by Crippen LogP contribution is -2.46. The summed E-state index contributed by atoms with van der Waals surface area (Å²) in [6.45, 7) is 5.15. The average molecular weight is 419 g/mol. The molecule has 0 spiro atoms. The molecule has 0 unspecified atom stereocenters. The highest BCUT2D eigenvalue weighted by molar-refractivity contribution is 6.42. The number of hydrogen-bond donors (Lipinski definition) is 1. The molecule has 4 nitrogen and oxygen atoms in total. The van der Waals surface area contributed by atoms with Crippen molar-refractivity contribution in [1.29, 1.82) is 0 Å². The van der Waals surface area contributed by atoms with E-state index in [0.29, 0.717) is 41.5 Å². The largest absolute Gasteiger partial charge is 0.331 e. The van der Waals surface area contributed by atoms with Gasteiger partial charge in [-0.15, -0.1) is 0 Å². The lowest BCUT2D eigenvalue weighted by atomic mass is 9.89. The Morgan fingerprint density at radius 2 is 1.75 bits per heavy atom. The number of aryl methyl sites for hydroxylation is 1. The highest BCUT2D eigenvalue weighted by Gasteiger charge is 2.28. The zero-order valence-corrected chi connectivity index (χ0v) is 17.6. The lowest BCUT2D eigenvalue weighted by Gasteiger charge is -2.32. The molecule has 1 fully saturated rings. The van der Waals surface area contributed by atoms with Gasteiger partial charge in [0.25, 0.3) is 0 Å². The highest BCUT2D eigenvalue weighted by Crippen LogP contribution is 2.27. The van der Waals surface area contributed by atoms with Gasteiger partial charge in [0.2, 0.25) is 0 Å². The maximum Gasteiger partial charge on any atom is 0.317 e. The number of hydrogen-bond acceptors (Lipinski definition) is 2. The predicted octanol–water partition coefficient (Wildman–Crippen LogP) is 5.67. The van der Waals surface area contributed by atoms with E-state index in [1.807, 2.05) is 38.1 Å². The van der Waals surface area contributed by atoms with Crippen molar-refractivity contribution in [2.75, 3.05) is 13.1 Å². The van der Waals surface area contributed by atoms with E-state index >= 15 is 0 Å². The van der Waals surface area contributed by atoms with Crippen LogP contribution in [0.3, 0.4) is 0 Å². The quantitative estimate of drug-likeness (QED) is 0.650. The van der Waals surface area contributed by atoms with E-state index in [4.69, 9.17) is 23.2 Å². The van der Waals surface area contributed by atoms with Gasteiger partial charge < -0.3 is 10.2 Å². The molecule has 0 saturated carbocycles. The molecule has 1 atom stereocenters. The summed E-state index contributed by atoms with van der Waals surface area (Å²) >= 11 is 12.0. The SMILES string of the molecule is Cc1ccccc1[C@H](C)NC(=O)N1CCC(C(=O)c2ccc(Cl)c(Cl)c2)CC1. The zero-order valence-electron chi connectivity index (χ0n) is 16.0. The van der Waals surface area contributed by atoms with E-state index < -0.39 is 0 Å². The molecule has 6 heteroatoms. The first-order valence-corrected chi connectivity index (χ1v) is 10.2. The van der Waals surface area contributed by atoms with Crippen molar-refractivity contribution in [1.82, 2.24) is 10.2 Å². The molecule has 2 aromatic rings. The molecule has 0 bridgehead atoms. The van der Waals surface area contributed by atoms with Crippen molar-refractivity contribution in [2.24, 2.45) is 5.92 Å². The standard InChI is InChI=1S/C22H24Cl2N2O2/c1-14-5-3-4-6-18(14)15(2)25-22(28)26-11-9-16(10-12-26)21(27)17-7-8-19(23)20(24)13-17/h3-8,13,15-16H,9-12H2,1-2H3,(H,25,28)/t15-/m0/s1. The number of carbonyl (C=O) groups is 2. The minimum Gasteiger partial charge on any atom is -0.331 e.